The Morgan fingerprint density at radius 1 is 0.690 bits per heavy atom. The summed E-state index contributed by atoms with van der Waals surface area (Å²) >= 11 is 0. The van der Waals surface area contributed by atoms with Crippen molar-refractivity contribution in [3.05, 3.63) is 12.7 Å². The lowest BCUT2D eigenvalue weighted by atomic mass is 9.98. The van der Waals surface area contributed by atoms with Crippen LogP contribution in [0.15, 0.2) is 12.7 Å². The summed E-state index contributed by atoms with van der Waals surface area (Å²) in [6.45, 7) is 10.6. The minimum atomic E-state index is 0.0481. The zero-order valence-corrected chi connectivity index (χ0v) is 29.2. The van der Waals surface area contributed by atoms with Crippen molar-refractivity contribution in [2.75, 3.05) is 27.2 Å². The molecule has 0 aromatic carbocycles. The van der Waals surface area contributed by atoms with E-state index in [-0.39, 0.29) is 12.1 Å². The van der Waals surface area contributed by atoms with Gasteiger partial charge in [-0.05, 0) is 91.4 Å². The van der Waals surface area contributed by atoms with E-state index < -0.39 is 0 Å². The van der Waals surface area contributed by atoms with Gasteiger partial charge in [0.15, 0.2) is 0 Å². The van der Waals surface area contributed by atoms with Gasteiger partial charge in [0.25, 0.3) is 0 Å². The van der Waals surface area contributed by atoms with Crippen molar-refractivity contribution < 1.29 is 9.53 Å². The molecule has 250 valence electrons. The molecule has 0 spiro atoms. The van der Waals surface area contributed by atoms with Gasteiger partial charge < -0.3 is 15.0 Å². The molecule has 0 saturated heterocycles. The Kier molecular flexibility index (Phi) is 32.3. The molecular weight excluding hydrogens is 516 g/mol. The van der Waals surface area contributed by atoms with Gasteiger partial charge in [0.2, 0.25) is 0 Å². The Bertz CT molecular complexity index is 555. The van der Waals surface area contributed by atoms with Gasteiger partial charge in [-0.3, -0.25) is 4.79 Å². The highest BCUT2D eigenvalue weighted by atomic mass is 16.5. The highest BCUT2D eigenvalue weighted by Crippen LogP contribution is 2.20. The van der Waals surface area contributed by atoms with Crippen molar-refractivity contribution in [1.29, 1.82) is 0 Å². The molecule has 0 radical (unpaired) electrons. The van der Waals surface area contributed by atoms with Gasteiger partial charge in [0, 0.05) is 12.5 Å². The summed E-state index contributed by atoms with van der Waals surface area (Å²) in [7, 11) is 4.40. The number of allylic oxidation sites excluding steroid dienone is 1. The number of carbonyl (C=O) groups excluding carboxylic acids is 1. The van der Waals surface area contributed by atoms with E-state index in [2.05, 4.69) is 44.7 Å². The summed E-state index contributed by atoms with van der Waals surface area (Å²) < 4.78 is 5.96. The number of rotatable bonds is 34. The second-order valence-corrected chi connectivity index (χ2v) is 13.0. The van der Waals surface area contributed by atoms with Crippen LogP contribution in [0.2, 0.25) is 0 Å². The van der Waals surface area contributed by atoms with Crippen molar-refractivity contribution in [1.82, 2.24) is 10.2 Å². The van der Waals surface area contributed by atoms with E-state index in [1.807, 2.05) is 6.08 Å². The van der Waals surface area contributed by atoms with Crippen molar-refractivity contribution in [3.63, 3.8) is 0 Å². The molecule has 4 heteroatoms. The molecule has 0 aliphatic heterocycles. The molecule has 1 N–H and O–H groups in total. The molecular formula is C38H76N2O2. The van der Waals surface area contributed by atoms with E-state index in [4.69, 9.17) is 4.74 Å². The monoisotopic (exact) mass is 593 g/mol. The number of nitrogens with zero attached hydrogens (tertiary/aromatic N) is 1. The van der Waals surface area contributed by atoms with Crippen LogP contribution in [-0.2, 0) is 9.53 Å². The van der Waals surface area contributed by atoms with E-state index >= 15 is 0 Å². The maximum Gasteiger partial charge on any atom is 0.306 e. The van der Waals surface area contributed by atoms with E-state index in [0.29, 0.717) is 6.42 Å². The average Bonchev–Trinajstić information content (AvgIpc) is 2.98. The lowest BCUT2D eigenvalue weighted by Crippen LogP contribution is -2.33. The predicted octanol–water partition coefficient (Wildman–Crippen LogP) is 11.2. The van der Waals surface area contributed by atoms with Gasteiger partial charge in [-0.1, -0.05) is 123 Å². The van der Waals surface area contributed by atoms with Gasteiger partial charge in [0.05, 0.1) is 0 Å². The minimum absolute atomic E-state index is 0.0481. The summed E-state index contributed by atoms with van der Waals surface area (Å²) in [5.41, 5.74) is 0. The summed E-state index contributed by atoms with van der Waals surface area (Å²) in [6.07, 6.45) is 35.6. The number of carbonyl (C=O) groups is 1. The third kappa shape index (κ3) is 27.9. The van der Waals surface area contributed by atoms with Crippen LogP contribution in [0.1, 0.15) is 187 Å². The summed E-state index contributed by atoms with van der Waals surface area (Å²) in [4.78, 5) is 15.2. The Balaban J connectivity index is 4.16. The van der Waals surface area contributed by atoms with Crippen LogP contribution in [0, 0.1) is 0 Å². The molecule has 0 fully saturated rings. The van der Waals surface area contributed by atoms with Crippen LogP contribution < -0.4 is 5.32 Å². The Labute approximate surface area is 264 Å². The first-order chi connectivity index (χ1) is 20.6. The van der Waals surface area contributed by atoms with E-state index in [9.17, 15) is 4.79 Å². The number of esters is 1. The Morgan fingerprint density at radius 2 is 1.17 bits per heavy atom. The summed E-state index contributed by atoms with van der Waals surface area (Å²) in [5, 5.41) is 3.30. The van der Waals surface area contributed by atoms with Gasteiger partial charge >= 0.3 is 5.97 Å². The second-order valence-electron chi connectivity index (χ2n) is 13.0. The Morgan fingerprint density at radius 3 is 1.69 bits per heavy atom. The molecule has 0 aromatic heterocycles. The largest absolute Gasteiger partial charge is 0.462 e. The molecule has 1 unspecified atom stereocenters. The maximum absolute atomic E-state index is 12.6. The number of unbranched alkanes of at least 4 members (excludes halogenated alkanes) is 17. The van der Waals surface area contributed by atoms with Crippen molar-refractivity contribution in [2.45, 2.75) is 199 Å². The standard InChI is InChI=1S/C38H76N2O2/c1-6-9-12-15-16-17-20-23-29-36(40(5)35-28-34-39-4)30-24-21-18-19-22-27-33-38(41)42-37(31-25-13-10-7-2)32-26-14-11-8-3/h6,36-37,39H,1,7-35H2,2-5H3. The predicted molar refractivity (Wildman–Crippen MR) is 186 cm³/mol. The molecule has 0 aromatic rings. The molecule has 0 rings (SSSR count). The first-order valence-electron chi connectivity index (χ1n) is 18.7. The fraction of sp³-hybridized carbons (Fsp3) is 0.921. The number of hydrogen-bond acceptors (Lipinski definition) is 4. The van der Waals surface area contributed by atoms with Crippen LogP contribution in [0.25, 0.3) is 0 Å². The van der Waals surface area contributed by atoms with Gasteiger partial charge in [-0.15, -0.1) is 6.58 Å². The highest BCUT2D eigenvalue weighted by molar-refractivity contribution is 5.69. The summed E-state index contributed by atoms with van der Waals surface area (Å²) in [5.74, 6) is 0.0481. The maximum atomic E-state index is 12.6. The minimum Gasteiger partial charge on any atom is -0.462 e. The van der Waals surface area contributed by atoms with Crippen LogP contribution in [0.5, 0.6) is 0 Å². The van der Waals surface area contributed by atoms with Gasteiger partial charge in [-0.25, -0.2) is 0 Å². The molecule has 1 atom stereocenters. The van der Waals surface area contributed by atoms with E-state index in [1.54, 1.807) is 0 Å². The third-order valence-corrected chi connectivity index (χ3v) is 8.98. The first-order valence-corrected chi connectivity index (χ1v) is 18.7. The number of nitrogens with one attached hydrogen (secondary N) is 1. The fourth-order valence-corrected chi connectivity index (χ4v) is 6.11. The SMILES string of the molecule is C=CCCCCCCCCC(CCCCCCCCC(=O)OC(CCCCCC)CCCCCC)N(C)CCCNC. The topological polar surface area (TPSA) is 41.6 Å². The van der Waals surface area contributed by atoms with Crippen LogP contribution in [0.3, 0.4) is 0 Å². The van der Waals surface area contributed by atoms with E-state index in [1.165, 1.54) is 148 Å². The Hall–Kier alpha value is -0.870. The zero-order chi connectivity index (χ0) is 30.9. The van der Waals surface area contributed by atoms with Gasteiger partial charge in [-0.2, -0.15) is 0 Å². The first kappa shape index (κ1) is 41.1. The number of hydrogen-bond donors (Lipinski definition) is 1. The highest BCUT2D eigenvalue weighted by Gasteiger charge is 2.15. The van der Waals surface area contributed by atoms with Crippen molar-refractivity contribution in [2.24, 2.45) is 0 Å². The molecule has 0 aliphatic carbocycles. The van der Waals surface area contributed by atoms with Gasteiger partial charge in [0.1, 0.15) is 6.10 Å². The molecule has 0 aliphatic rings. The van der Waals surface area contributed by atoms with Crippen molar-refractivity contribution in [3.8, 4) is 0 Å². The lowest BCUT2D eigenvalue weighted by Gasteiger charge is -2.28. The second kappa shape index (κ2) is 33.0. The third-order valence-electron chi connectivity index (χ3n) is 8.98. The van der Waals surface area contributed by atoms with Crippen LogP contribution in [0.4, 0.5) is 0 Å². The summed E-state index contributed by atoms with van der Waals surface area (Å²) in [6, 6.07) is 0.731. The molecule has 0 bridgehead atoms. The molecule has 0 saturated carbocycles. The van der Waals surface area contributed by atoms with Crippen LogP contribution in [-0.4, -0.2) is 50.2 Å². The molecule has 0 heterocycles. The average molecular weight is 593 g/mol. The van der Waals surface area contributed by atoms with Crippen LogP contribution >= 0.6 is 0 Å². The normalized spacial score (nSPS) is 12.3. The van der Waals surface area contributed by atoms with E-state index in [0.717, 1.165) is 38.3 Å². The zero-order valence-electron chi connectivity index (χ0n) is 29.2. The fourth-order valence-electron chi connectivity index (χ4n) is 6.11. The quantitative estimate of drug-likeness (QED) is 0.0458. The number of ether oxygens (including phenoxy) is 1. The lowest BCUT2D eigenvalue weighted by molar-refractivity contribution is -0.150. The smallest absolute Gasteiger partial charge is 0.306 e. The van der Waals surface area contributed by atoms with Crippen molar-refractivity contribution >= 4 is 5.97 Å². The molecule has 0 amide bonds. The molecule has 42 heavy (non-hydrogen) atoms. The molecule has 4 nitrogen and oxygen atoms in total.